The van der Waals surface area contributed by atoms with E-state index in [2.05, 4.69) is 25.4 Å². The summed E-state index contributed by atoms with van der Waals surface area (Å²) in [4.78, 5) is 13.3. The molecule has 9 nitrogen and oxygen atoms in total. The molecule has 5 rings (SSSR count). The summed E-state index contributed by atoms with van der Waals surface area (Å²) in [6.45, 7) is 1.48. The van der Waals surface area contributed by atoms with Crippen LogP contribution in [0, 0.1) is 5.82 Å². The number of hydrogen-bond donors (Lipinski definition) is 3. The summed E-state index contributed by atoms with van der Waals surface area (Å²) in [5.74, 6) is 0.443. The maximum absolute atomic E-state index is 14.2. The third kappa shape index (κ3) is 3.61. The first kappa shape index (κ1) is 19.2. The molecular formula is C21H21FN8O. The van der Waals surface area contributed by atoms with E-state index in [-0.39, 0.29) is 35.9 Å². The third-order valence-electron chi connectivity index (χ3n) is 5.24. The van der Waals surface area contributed by atoms with Crippen molar-refractivity contribution in [2.45, 2.75) is 19.0 Å². The van der Waals surface area contributed by atoms with Gasteiger partial charge in [0.05, 0.1) is 24.6 Å². The van der Waals surface area contributed by atoms with Gasteiger partial charge in [0.1, 0.15) is 17.2 Å². The SMILES string of the molecule is Nc1nc(-c2nn(Cc3ccccc3F)c3ncccc23)nc(N)c1NC1CCOC1. The summed E-state index contributed by atoms with van der Waals surface area (Å²) in [5, 5.41) is 8.60. The highest BCUT2D eigenvalue weighted by Crippen LogP contribution is 2.31. The van der Waals surface area contributed by atoms with Crippen LogP contribution < -0.4 is 16.8 Å². The van der Waals surface area contributed by atoms with E-state index < -0.39 is 0 Å². The number of nitrogen functional groups attached to an aromatic ring is 2. The number of fused-ring (bicyclic) bond motifs is 1. The summed E-state index contributed by atoms with van der Waals surface area (Å²) in [5.41, 5.74) is 14.5. The van der Waals surface area contributed by atoms with Gasteiger partial charge in [-0.15, -0.1) is 0 Å². The van der Waals surface area contributed by atoms with Gasteiger partial charge < -0.3 is 21.5 Å². The molecule has 158 valence electrons. The first-order valence-corrected chi connectivity index (χ1v) is 9.92. The van der Waals surface area contributed by atoms with Crippen LogP contribution in [0.4, 0.5) is 21.7 Å². The average Bonchev–Trinajstić information content (AvgIpc) is 3.41. The van der Waals surface area contributed by atoms with Gasteiger partial charge in [0, 0.05) is 18.4 Å². The summed E-state index contributed by atoms with van der Waals surface area (Å²) >= 11 is 0. The molecule has 0 saturated carbocycles. The van der Waals surface area contributed by atoms with Crippen molar-refractivity contribution in [2.75, 3.05) is 30.0 Å². The topological polar surface area (TPSA) is 130 Å². The van der Waals surface area contributed by atoms with Crippen LogP contribution in [0.15, 0.2) is 42.6 Å². The number of rotatable bonds is 5. The van der Waals surface area contributed by atoms with Crippen LogP contribution in [0.5, 0.6) is 0 Å². The number of benzene rings is 1. The molecule has 1 aliphatic rings. The largest absolute Gasteiger partial charge is 0.382 e. The normalized spacial score (nSPS) is 16.1. The van der Waals surface area contributed by atoms with Crippen LogP contribution in [-0.2, 0) is 11.3 Å². The van der Waals surface area contributed by atoms with E-state index in [1.165, 1.54) is 6.07 Å². The Bertz CT molecular complexity index is 1230. The fourth-order valence-corrected chi connectivity index (χ4v) is 3.68. The number of aromatic nitrogens is 5. The van der Waals surface area contributed by atoms with Gasteiger partial charge in [-0.1, -0.05) is 18.2 Å². The van der Waals surface area contributed by atoms with Crippen molar-refractivity contribution in [1.29, 1.82) is 0 Å². The molecule has 1 aliphatic heterocycles. The Morgan fingerprint density at radius 3 is 2.68 bits per heavy atom. The molecule has 1 aromatic carbocycles. The van der Waals surface area contributed by atoms with Gasteiger partial charge >= 0.3 is 0 Å². The van der Waals surface area contributed by atoms with Gasteiger partial charge in [0.25, 0.3) is 0 Å². The second-order valence-corrected chi connectivity index (χ2v) is 7.37. The van der Waals surface area contributed by atoms with E-state index in [0.717, 1.165) is 11.8 Å². The number of anilines is 3. The molecule has 0 spiro atoms. The molecule has 4 aromatic rings. The van der Waals surface area contributed by atoms with Crippen molar-refractivity contribution >= 4 is 28.4 Å². The van der Waals surface area contributed by atoms with E-state index in [1.807, 2.05) is 6.07 Å². The van der Waals surface area contributed by atoms with Crippen molar-refractivity contribution in [1.82, 2.24) is 24.7 Å². The molecular weight excluding hydrogens is 399 g/mol. The second-order valence-electron chi connectivity index (χ2n) is 7.37. The Balaban J connectivity index is 1.55. The Morgan fingerprint density at radius 2 is 1.94 bits per heavy atom. The minimum absolute atomic E-state index is 0.115. The number of nitrogens with two attached hydrogens (primary N) is 2. The zero-order valence-electron chi connectivity index (χ0n) is 16.6. The van der Waals surface area contributed by atoms with Crippen LogP contribution in [0.2, 0.25) is 0 Å². The number of nitrogens with zero attached hydrogens (tertiary/aromatic N) is 5. The number of hydrogen-bond acceptors (Lipinski definition) is 8. The predicted molar refractivity (Wildman–Crippen MR) is 116 cm³/mol. The number of halogens is 1. The zero-order valence-corrected chi connectivity index (χ0v) is 16.6. The molecule has 0 amide bonds. The van der Waals surface area contributed by atoms with Gasteiger partial charge in [-0.25, -0.2) is 24.0 Å². The third-order valence-corrected chi connectivity index (χ3v) is 5.24. The standard InChI is InChI=1S/C21H21FN8O/c22-15-6-2-1-4-12(15)10-30-21-14(5-3-8-25-21)16(29-30)20-27-18(23)17(19(24)28-20)26-13-7-9-31-11-13/h1-6,8,13,26H,7,9-11H2,(H4,23,24,27,28). The predicted octanol–water partition coefficient (Wildman–Crippen LogP) is 2.44. The minimum atomic E-state index is -0.306. The molecule has 0 aliphatic carbocycles. The Morgan fingerprint density at radius 1 is 1.13 bits per heavy atom. The fraction of sp³-hybridized carbons (Fsp3) is 0.238. The molecule has 3 aromatic heterocycles. The monoisotopic (exact) mass is 420 g/mol. The lowest BCUT2D eigenvalue weighted by molar-refractivity contribution is 0.195. The highest BCUT2D eigenvalue weighted by atomic mass is 19.1. The number of nitrogens with one attached hydrogen (secondary N) is 1. The van der Waals surface area contributed by atoms with Crippen LogP contribution in [0.25, 0.3) is 22.6 Å². The smallest absolute Gasteiger partial charge is 0.184 e. The summed E-state index contributed by atoms with van der Waals surface area (Å²) < 4.78 is 21.2. The van der Waals surface area contributed by atoms with E-state index in [9.17, 15) is 4.39 Å². The summed E-state index contributed by atoms with van der Waals surface area (Å²) in [6.07, 6.45) is 2.52. The molecule has 1 saturated heterocycles. The molecule has 1 unspecified atom stereocenters. The second kappa shape index (κ2) is 7.80. The van der Waals surface area contributed by atoms with Crippen LogP contribution >= 0.6 is 0 Å². The molecule has 0 radical (unpaired) electrons. The highest BCUT2D eigenvalue weighted by Gasteiger charge is 2.22. The van der Waals surface area contributed by atoms with Crippen molar-refractivity contribution in [2.24, 2.45) is 0 Å². The molecule has 4 heterocycles. The fourth-order valence-electron chi connectivity index (χ4n) is 3.68. The summed E-state index contributed by atoms with van der Waals surface area (Å²) in [7, 11) is 0. The lowest BCUT2D eigenvalue weighted by atomic mass is 10.2. The van der Waals surface area contributed by atoms with E-state index in [4.69, 9.17) is 16.2 Å². The molecule has 10 heteroatoms. The molecule has 1 atom stereocenters. The van der Waals surface area contributed by atoms with Crippen molar-refractivity contribution < 1.29 is 9.13 Å². The van der Waals surface area contributed by atoms with E-state index in [0.29, 0.717) is 35.8 Å². The quantitative estimate of drug-likeness (QED) is 0.449. The number of ether oxygens (including phenoxy) is 1. The first-order valence-electron chi connectivity index (χ1n) is 9.92. The molecule has 1 fully saturated rings. The van der Waals surface area contributed by atoms with Gasteiger partial charge in [-0.2, -0.15) is 5.10 Å². The maximum Gasteiger partial charge on any atom is 0.184 e. The zero-order chi connectivity index (χ0) is 21.4. The Labute approximate surface area is 177 Å². The lowest BCUT2D eigenvalue weighted by Crippen LogP contribution is -2.21. The average molecular weight is 420 g/mol. The van der Waals surface area contributed by atoms with Crippen molar-refractivity contribution in [3.05, 3.63) is 54.0 Å². The number of pyridine rings is 1. The van der Waals surface area contributed by atoms with Crippen molar-refractivity contribution in [3.63, 3.8) is 0 Å². The Kier molecular flexibility index (Phi) is 4.83. The Hall–Kier alpha value is -3.79. The van der Waals surface area contributed by atoms with Crippen LogP contribution in [0.1, 0.15) is 12.0 Å². The van der Waals surface area contributed by atoms with Gasteiger partial charge in [-0.3, -0.25) is 0 Å². The van der Waals surface area contributed by atoms with Crippen molar-refractivity contribution in [3.8, 4) is 11.5 Å². The van der Waals surface area contributed by atoms with Gasteiger partial charge in [0.15, 0.2) is 23.1 Å². The van der Waals surface area contributed by atoms with E-state index in [1.54, 1.807) is 35.1 Å². The molecule has 0 bridgehead atoms. The van der Waals surface area contributed by atoms with Crippen LogP contribution in [-0.4, -0.2) is 44.0 Å². The molecule has 31 heavy (non-hydrogen) atoms. The van der Waals surface area contributed by atoms with Gasteiger partial charge in [0.2, 0.25) is 0 Å². The van der Waals surface area contributed by atoms with Gasteiger partial charge in [-0.05, 0) is 24.6 Å². The summed E-state index contributed by atoms with van der Waals surface area (Å²) in [6, 6.07) is 10.3. The minimum Gasteiger partial charge on any atom is -0.382 e. The van der Waals surface area contributed by atoms with E-state index >= 15 is 0 Å². The maximum atomic E-state index is 14.2. The highest BCUT2D eigenvalue weighted by molar-refractivity contribution is 5.90. The first-order chi connectivity index (χ1) is 15.1. The molecule has 5 N–H and O–H groups in total. The lowest BCUT2D eigenvalue weighted by Gasteiger charge is -2.15. The van der Waals surface area contributed by atoms with Crippen LogP contribution in [0.3, 0.4) is 0 Å².